The van der Waals surface area contributed by atoms with Gasteiger partial charge in [0.1, 0.15) is 11.5 Å². The molecule has 0 unspecified atom stereocenters. The van der Waals surface area contributed by atoms with Crippen molar-refractivity contribution in [3.63, 3.8) is 0 Å². The minimum absolute atomic E-state index is 0. The van der Waals surface area contributed by atoms with Gasteiger partial charge in [0.15, 0.2) is 5.13 Å². The molecule has 0 aliphatic heterocycles. The fourth-order valence-corrected chi connectivity index (χ4v) is 3.93. The maximum absolute atomic E-state index is 13.4. The highest BCUT2D eigenvalue weighted by Gasteiger charge is 2.23. The molecule has 0 aliphatic carbocycles. The van der Waals surface area contributed by atoms with Gasteiger partial charge in [-0.05, 0) is 44.8 Å². The van der Waals surface area contributed by atoms with Gasteiger partial charge in [-0.1, -0.05) is 23.5 Å². The summed E-state index contributed by atoms with van der Waals surface area (Å²) in [7, 11) is 7.12. The summed E-state index contributed by atoms with van der Waals surface area (Å²) in [5.74, 6) is 1.03. The Morgan fingerprint density at radius 3 is 2.28 bits per heavy atom. The van der Waals surface area contributed by atoms with Crippen LogP contribution in [0.1, 0.15) is 15.9 Å². The summed E-state index contributed by atoms with van der Waals surface area (Å²) in [6, 6.07) is 11.3. The van der Waals surface area contributed by atoms with Crippen LogP contribution in [0.2, 0.25) is 0 Å². The maximum Gasteiger partial charge on any atom is 0.260 e. The number of fused-ring (bicyclic) bond motifs is 1. The molecule has 0 N–H and O–H groups in total. The zero-order valence-corrected chi connectivity index (χ0v) is 18.9. The first-order valence-electron chi connectivity index (χ1n) is 8.98. The van der Waals surface area contributed by atoms with E-state index >= 15 is 0 Å². The number of aryl methyl sites for hydroxylation is 1. The van der Waals surface area contributed by atoms with Gasteiger partial charge in [0, 0.05) is 24.7 Å². The van der Waals surface area contributed by atoms with Crippen molar-refractivity contribution in [3.8, 4) is 11.5 Å². The number of hydrogen-bond acceptors (Lipinski definition) is 6. The molecule has 0 radical (unpaired) electrons. The van der Waals surface area contributed by atoms with Crippen molar-refractivity contribution >= 4 is 45.0 Å². The molecule has 2 aromatic carbocycles. The van der Waals surface area contributed by atoms with Gasteiger partial charge < -0.3 is 14.4 Å². The summed E-state index contributed by atoms with van der Waals surface area (Å²) in [5.41, 5.74) is 2.54. The largest absolute Gasteiger partial charge is 0.497 e. The van der Waals surface area contributed by atoms with Crippen LogP contribution >= 0.6 is 23.7 Å². The Labute approximate surface area is 181 Å². The summed E-state index contributed by atoms with van der Waals surface area (Å²) in [6.45, 7) is 3.29. The number of methoxy groups -OCH3 is 2. The minimum Gasteiger partial charge on any atom is -0.497 e. The van der Waals surface area contributed by atoms with E-state index in [2.05, 4.69) is 0 Å². The lowest BCUT2D eigenvalue weighted by Crippen LogP contribution is -2.36. The molecular weight excluding hydrogens is 410 g/mol. The Morgan fingerprint density at radius 1 is 1.07 bits per heavy atom. The Balaban J connectivity index is 0.00000300. The van der Waals surface area contributed by atoms with Crippen LogP contribution in [0, 0.1) is 6.92 Å². The van der Waals surface area contributed by atoms with Crippen LogP contribution in [-0.2, 0) is 0 Å². The van der Waals surface area contributed by atoms with Crippen LogP contribution in [0.5, 0.6) is 11.5 Å². The number of halogens is 1. The third-order valence-electron chi connectivity index (χ3n) is 4.45. The van der Waals surface area contributed by atoms with Crippen LogP contribution in [0.15, 0.2) is 36.4 Å². The summed E-state index contributed by atoms with van der Waals surface area (Å²) in [5, 5.41) is 0.693. The average molecular weight is 436 g/mol. The fraction of sp³-hybridized carbons (Fsp3) is 0.333. The van der Waals surface area contributed by atoms with Gasteiger partial charge in [-0.3, -0.25) is 9.69 Å². The summed E-state index contributed by atoms with van der Waals surface area (Å²) >= 11 is 1.53. The zero-order valence-electron chi connectivity index (χ0n) is 17.3. The topological polar surface area (TPSA) is 54.9 Å². The molecule has 0 spiro atoms. The number of hydrogen-bond donors (Lipinski definition) is 0. The number of aromatic nitrogens is 1. The second kappa shape index (κ2) is 9.91. The van der Waals surface area contributed by atoms with Crippen molar-refractivity contribution in [2.75, 3.05) is 46.3 Å². The molecule has 1 heterocycles. The van der Waals surface area contributed by atoms with Crippen molar-refractivity contribution < 1.29 is 14.3 Å². The second-order valence-electron chi connectivity index (χ2n) is 6.78. The molecule has 8 heteroatoms. The molecule has 1 amide bonds. The Kier molecular flexibility index (Phi) is 7.84. The van der Waals surface area contributed by atoms with E-state index in [0.29, 0.717) is 28.7 Å². The van der Waals surface area contributed by atoms with Crippen molar-refractivity contribution in [2.45, 2.75) is 6.92 Å². The highest BCUT2D eigenvalue weighted by atomic mass is 35.5. The average Bonchev–Trinajstić information content (AvgIpc) is 3.12. The molecule has 3 aromatic rings. The van der Waals surface area contributed by atoms with Crippen molar-refractivity contribution in [3.05, 3.63) is 47.5 Å². The van der Waals surface area contributed by atoms with Crippen LogP contribution < -0.4 is 14.4 Å². The number of nitrogens with zero attached hydrogens (tertiary/aromatic N) is 3. The third kappa shape index (κ3) is 5.18. The molecule has 6 nitrogen and oxygen atoms in total. The second-order valence-corrected chi connectivity index (χ2v) is 7.79. The monoisotopic (exact) mass is 435 g/mol. The molecule has 0 fully saturated rings. The standard InChI is InChI=1S/C21H25N3O3S.ClH/c1-14-7-6-8-18-19(14)22-21(28-18)24(10-9-23(2)3)20(25)15-11-16(26-4)13-17(12-15)27-5;/h6-8,11-13H,9-10H2,1-5H3;1H. The van der Waals surface area contributed by atoms with Gasteiger partial charge in [0.25, 0.3) is 5.91 Å². The van der Waals surface area contributed by atoms with Gasteiger partial charge in [-0.25, -0.2) is 4.98 Å². The van der Waals surface area contributed by atoms with E-state index in [0.717, 1.165) is 22.3 Å². The molecule has 0 bridgehead atoms. The number of carbonyl (C=O) groups excluding carboxylic acids is 1. The molecular formula is C21H26ClN3O3S. The van der Waals surface area contributed by atoms with Crippen molar-refractivity contribution in [2.24, 2.45) is 0 Å². The van der Waals surface area contributed by atoms with E-state index in [4.69, 9.17) is 14.5 Å². The lowest BCUT2D eigenvalue weighted by Gasteiger charge is -2.22. The molecule has 156 valence electrons. The number of thiazole rings is 1. The van der Waals surface area contributed by atoms with Crippen LogP contribution in [0.3, 0.4) is 0 Å². The highest BCUT2D eigenvalue weighted by Crippen LogP contribution is 2.32. The maximum atomic E-state index is 13.4. The molecule has 3 rings (SSSR count). The first-order chi connectivity index (χ1) is 13.4. The summed E-state index contributed by atoms with van der Waals surface area (Å²) < 4.78 is 11.7. The number of carbonyl (C=O) groups is 1. The van der Waals surface area contributed by atoms with Crippen molar-refractivity contribution in [1.29, 1.82) is 0 Å². The SMILES string of the molecule is COc1cc(OC)cc(C(=O)N(CCN(C)C)c2nc3c(C)cccc3s2)c1.Cl. The molecule has 29 heavy (non-hydrogen) atoms. The number of anilines is 1. The predicted molar refractivity (Wildman–Crippen MR) is 121 cm³/mol. The van der Waals surface area contributed by atoms with E-state index in [9.17, 15) is 4.79 Å². The molecule has 0 saturated heterocycles. The van der Waals surface area contributed by atoms with E-state index in [1.165, 1.54) is 11.3 Å². The molecule has 1 aromatic heterocycles. The number of benzene rings is 2. The Bertz CT molecular complexity index is 968. The van der Waals surface area contributed by atoms with E-state index in [1.54, 1.807) is 37.3 Å². The molecule has 0 aliphatic rings. The fourth-order valence-electron chi connectivity index (χ4n) is 2.86. The number of likely N-dealkylation sites (N-methyl/N-ethyl adjacent to an activating group) is 1. The summed E-state index contributed by atoms with van der Waals surface area (Å²) in [6.07, 6.45) is 0. The number of ether oxygens (including phenoxy) is 2. The smallest absolute Gasteiger partial charge is 0.260 e. The molecule has 0 atom stereocenters. The van der Waals surface area contributed by atoms with Gasteiger partial charge in [0.2, 0.25) is 0 Å². The molecule has 0 saturated carbocycles. The normalized spacial score (nSPS) is 10.7. The van der Waals surface area contributed by atoms with Gasteiger partial charge in [-0.15, -0.1) is 12.4 Å². The third-order valence-corrected chi connectivity index (χ3v) is 5.50. The van der Waals surface area contributed by atoms with Gasteiger partial charge in [-0.2, -0.15) is 0 Å². The quantitative estimate of drug-likeness (QED) is 0.555. The zero-order chi connectivity index (χ0) is 20.3. The van der Waals surface area contributed by atoms with Crippen LogP contribution in [0.4, 0.5) is 5.13 Å². The first-order valence-corrected chi connectivity index (χ1v) is 9.80. The minimum atomic E-state index is -0.129. The first kappa shape index (κ1) is 22.9. The number of amides is 1. The Hall–Kier alpha value is -2.35. The van der Waals surface area contributed by atoms with Gasteiger partial charge in [0.05, 0.1) is 24.4 Å². The van der Waals surface area contributed by atoms with E-state index in [1.807, 2.05) is 44.1 Å². The lowest BCUT2D eigenvalue weighted by atomic mass is 10.1. The van der Waals surface area contributed by atoms with Crippen molar-refractivity contribution in [1.82, 2.24) is 9.88 Å². The predicted octanol–water partition coefficient (Wildman–Crippen LogP) is 4.25. The number of para-hydroxylation sites is 1. The summed E-state index contributed by atoms with van der Waals surface area (Å²) in [4.78, 5) is 22.0. The van der Waals surface area contributed by atoms with E-state index < -0.39 is 0 Å². The highest BCUT2D eigenvalue weighted by molar-refractivity contribution is 7.22. The van der Waals surface area contributed by atoms with Crippen LogP contribution in [0.25, 0.3) is 10.2 Å². The van der Waals surface area contributed by atoms with Gasteiger partial charge >= 0.3 is 0 Å². The Morgan fingerprint density at radius 2 is 1.72 bits per heavy atom. The number of rotatable bonds is 7. The van der Waals surface area contributed by atoms with Crippen LogP contribution in [-0.4, -0.2) is 57.2 Å². The lowest BCUT2D eigenvalue weighted by molar-refractivity contribution is 0.0984. The van der Waals surface area contributed by atoms with E-state index in [-0.39, 0.29) is 18.3 Å².